The molecule has 1 atom stereocenters. The monoisotopic (exact) mass is 499 g/mol. The summed E-state index contributed by atoms with van der Waals surface area (Å²) < 4.78 is 9.05. The van der Waals surface area contributed by atoms with Gasteiger partial charge in [-0.25, -0.2) is 14.5 Å². The topological polar surface area (TPSA) is 117 Å². The third kappa shape index (κ3) is 4.88. The second-order valence-corrected chi connectivity index (χ2v) is 9.39. The number of nitrogens with zero attached hydrogens (tertiary/aromatic N) is 9. The van der Waals surface area contributed by atoms with Gasteiger partial charge in [-0.3, -0.25) is 9.48 Å². The molecular weight excluding hydrogens is 470 g/mol. The molecule has 0 N–H and O–H groups in total. The highest BCUT2D eigenvalue weighted by atomic mass is 16.5. The Kier molecular flexibility index (Phi) is 6.58. The number of amides is 1. The summed E-state index contributed by atoms with van der Waals surface area (Å²) in [6.07, 6.45) is 8.31. The molecule has 1 unspecified atom stereocenters. The van der Waals surface area contributed by atoms with Gasteiger partial charge in [-0.2, -0.15) is 15.5 Å². The van der Waals surface area contributed by atoms with Crippen LogP contribution in [0.5, 0.6) is 0 Å². The minimum atomic E-state index is -0.447. The smallest absolute Gasteiger partial charge is 0.251 e. The highest BCUT2D eigenvalue weighted by Crippen LogP contribution is 2.29. The fourth-order valence-corrected chi connectivity index (χ4v) is 4.58. The van der Waals surface area contributed by atoms with Crippen LogP contribution in [0.2, 0.25) is 0 Å². The Morgan fingerprint density at radius 1 is 1.03 bits per heavy atom. The van der Waals surface area contributed by atoms with Crippen LogP contribution in [0.4, 0.5) is 5.82 Å². The standard InChI is InChI=1S/C26H29N9O2/c1-17(2)37-18(3)26(36)34-9-7-33(8-10-34)23-6-5-19(12-28-23)24-25-20(11-27)13-30-35(25)16-22(31-24)21-14-29-32(4)15-21/h5-6,12-18H,7-10H2,1-4H3. The maximum Gasteiger partial charge on any atom is 0.251 e. The van der Waals surface area contributed by atoms with Gasteiger partial charge in [0.15, 0.2) is 0 Å². The molecule has 11 nitrogen and oxygen atoms in total. The summed E-state index contributed by atoms with van der Waals surface area (Å²) in [6, 6.07) is 6.12. The van der Waals surface area contributed by atoms with Gasteiger partial charge < -0.3 is 14.5 Å². The van der Waals surface area contributed by atoms with E-state index in [0.29, 0.717) is 48.6 Å². The van der Waals surface area contributed by atoms with Crippen molar-refractivity contribution in [3.05, 3.63) is 48.7 Å². The van der Waals surface area contributed by atoms with Gasteiger partial charge >= 0.3 is 0 Å². The van der Waals surface area contributed by atoms with Crippen molar-refractivity contribution in [2.45, 2.75) is 33.0 Å². The van der Waals surface area contributed by atoms with E-state index in [-0.39, 0.29) is 12.0 Å². The van der Waals surface area contributed by atoms with Gasteiger partial charge in [-0.15, -0.1) is 0 Å². The summed E-state index contributed by atoms with van der Waals surface area (Å²) in [5.41, 5.74) is 4.04. The van der Waals surface area contributed by atoms with Crippen molar-refractivity contribution < 1.29 is 9.53 Å². The summed E-state index contributed by atoms with van der Waals surface area (Å²) in [6.45, 7) is 8.28. The van der Waals surface area contributed by atoms with Crippen molar-refractivity contribution >= 4 is 17.2 Å². The SMILES string of the molecule is CC(C)OC(C)C(=O)N1CCN(c2ccc(-c3nc(-c4cnn(C)c4)cn4ncc(C#N)c34)cn2)CC1. The molecule has 1 amide bonds. The molecule has 5 heterocycles. The normalized spacial score (nSPS) is 14.8. The van der Waals surface area contributed by atoms with Gasteiger partial charge in [0.25, 0.3) is 5.91 Å². The number of aryl methyl sites for hydroxylation is 1. The molecule has 37 heavy (non-hydrogen) atoms. The summed E-state index contributed by atoms with van der Waals surface area (Å²) in [4.78, 5) is 26.3. The molecular formula is C26H29N9O2. The highest BCUT2D eigenvalue weighted by Gasteiger charge is 2.26. The number of piperazine rings is 1. The number of carbonyl (C=O) groups excluding carboxylic acids is 1. The van der Waals surface area contributed by atoms with Crippen molar-refractivity contribution in [1.82, 2.24) is 34.3 Å². The quantitative estimate of drug-likeness (QED) is 0.397. The van der Waals surface area contributed by atoms with Gasteiger partial charge in [-0.05, 0) is 32.9 Å². The van der Waals surface area contributed by atoms with E-state index in [1.54, 1.807) is 34.0 Å². The average Bonchev–Trinajstić information content (AvgIpc) is 3.53. The number of hydrogen-bond donors (Lipinski definition) is 0. The Morgan fingerprint density at radius 3 is 2.43 bits per heavy atom. The van der Waals surface area contributed by atoms with E-state index in [2.05, 4.69) is 21.2 Å². The number of rotatable bonds is 6. The van der Waals surface area contributed by atoms with E-state index in [1.807, 2.05) is 51.0 Å². The lowest BCUT2D eigenvalue weighted by atomic mass is 10.1. The van der Waals surface area contributed by atoms with Gasteiger partial charge in [-0.1, -0.05) is 0 Å². The molecule has 1 fully saturated rings. The minimum absolute atomic E-state index is 0.00975. The lowest BCUT2D eigenvalue weighted by Crippen LogP contribution is -2.51. The number of aromatic nitrogens is 6. The molecule has 11 heteroatoms. The first-order valence-electron chi connectivity index (χ1n) is 12.3. The van der Waals surface area contributed by atoms with Crippen LogP contribution in [0, 0.1) is 11.3 Å². The van der Waals surface area contributed by atoms with Crippen molar-refractivity contribution in [3.8, 4) is 28.6 Å². The number of fused-ring (bicyclic) bond motifs is 1. The van der Waals surface area contributed by atoms with Crippen LogP contribution in [0.15, 0.2) is 43.1 Å². The third-order valence-corrected chi connectivity index (χ3v) is 6.38. The summed E-state index contributed by atoms with van der Waals surface area (Å²) >= 11 is 0. The lowest BCUT2D eigenvalue weighted by molar-refractivity contribution is -0.145. The van der Waals surface area contributed by atoms with E-state index in [4.69, 9.17) is 14.7 Å². The molecule has 0 spiro atoms. The lowest BCUT2D eigenvalue weighted by Gasteiger charge is -2.36. The maximum atomic E-state index is 12.7. The predicted octanol–water partition coefficient (Wildman–Crippen LogP) is 2.53. The number of anilines is 1. The van der Waals surface area contributed by atoms with Gasteiger partial charge in [0.1, 0.15) is 29.1 Å². The zero-order chi connectivity index (χ0) is 26.1. The predicted molar refractivity (Wildman–Crippen MR) is 138 cm³/mol. The van der Waals surface area contributed by atoms with Crippen LogP contribution in [-0.2, 0) is 16.6 Å². The Labute approximate surface area is 214 Å². The van der Waals surface area contributed by atoms with Gasteiger partial charge in [0, 0.05) is 56.7 Å². The highest BCUT2D eigenvalue weighted by molar-refractivity contribution is 5.83. The molecule has 0 saturated carbocycles. The van der Waals surface area contributed by atoms with Crippen molar-refractivity contribution in [1.29, 1.82) is 5.26 Å². The van der Waals surface area contributed by atoms with Crippen molar-refractivity contribution in [3.63, 3.8) is 0 Å². The Balaban J connectivity index is 1.37. The van der Waals surface area contributed by atoms with E-state index in [0.717, 1.165) is 16.9 Å². The molecule has 5 rings (SSSR count). The molecule has 1 aliphatic rings. The van der Waals surface area contributed by atoms with E-state index in [9.17, 15) is 10.1 Å². The molecule has 4 aromatic heterocycles. The minimum Gasteiger partial charge on any atom is -0.366 e. The van der Waals surface area contributed by atoms with Crippen molar-refractivity contribution in [2.24, 2.45) is 7.05 Å². The van der Waals surface area contributed by atoms with Crippen LogP contribution >= 0.6 is 0 Å². The largest absolute Gasteiger partial charge is 0.366 e. The number of ether oxygens (including phenoxy) is 1. The van der Waals surface area contributed by atoms with E-state index in [1.165, 1.54) is 0 Å². The van der Waals surface area contributed by atoms with Crippen LogP contribution in [-0.4, -0.2) is 78.6 Å². The molecule has 1 saturated heterocycles. The first kappa shape index (κ1) is 24.4. The van der Waals surface area contributed by atoms with Crippen LogP contribution in [0.1, 0.15) is 26.3 Å². The Hall–Kier alpha value is -4.30. The number of hydrogen-bond acceptors (Lipinski definition) is 8. The fraction of sp³-hybridized carbons (Fsp3) is 0.385. The zero-order valence-electron chi connectivity index (χ0n) is 21.4. The number of carbonyl (C=O) groups is 1. The van der Waals surface area contributed by atoms with E-state index >= 15 is 0 Å². The second kappa shape index (κ2) is 9.99. The first-order valence-corrected chi connectivity index (χ1v) is 12.3. The number of pyridine rings is 1. The van der Waals surface area contributed by atoms with Gasteiger partial charge in [0.05, 0.1) is 36.1 Å². The third-order valence-electron chi connectivity index (χ3n) is 6.38. The Morgan fingerprint density at radius 2 is 1.81 bits per heavy atom. The molecule has 0 aromatic carbocycles. The summed E-state index contributed by atoms with van der Waals surface area (Å²) in [7, 11) is 1.85. The first-order chi connectivity index (χ1) is 17.8. The molecule has 0 aliphatic carbocycles. The molecule has 190 valence electrons. The second-order valence-electron chi connectivity index (χ2n) is 9.39. The zero-order valence-corrected chi connectivity index (χ0v) is 21.4. The van der Waals surface area contributed by atoms with Gasteiger partial charge in [0.2, 0.25) is 0 Å². The molecule has 4 aromatic rings. The molecule has 0 bridgehead atoms. The summed E-state index contributed by atoms with van der Waals surface area (Å²) in [5.74, 6) is 0.852. The van der Waals surface area contributed by atoms with E-state index < -0.39 is 6.10 Å². The summed E-state index contributed by atoms with van der Waals surface area (Å²) in [5, 5.41) is 18.2. The molecule has 1 aliphatic heterocycles. The van der Waals surface area contributed by atoms with Crippen molar-refractivity contribution in [2.75, 3.05) is 31.1 Å². The number of nitriles is 1. The van der Waals surface area contributed by atoms with Crippen LogP contribution < -0.4 is 4.90 Å². The molecule has 0 radical (unpaired) electrons. The maximum absolute atomic E-state index is 12.7. The fourth-order valence-electron chi connectivity index (χ4n) is 4.58. The van der Waals surface area contributed by atoms with Crippen LogP contribution in [0.3, 0.4) is 0 Å². The average molecular weight is 500 g/mol. The Bertz CT molecular complexity index is 1460. The van der Waals surface area contributed by atoms with Crippen LogP contribution in [0.25, 0.3) is 28.0 Å².